The minimum absolute atomic E-state index is 0.0670. The van der Waals surface area contributed by atoms with Gasteiger partial charge in [0.25, 0.3) is 5.91 Å². The number of fused-ring (bicyclic) bond motifs is 1. The van der Waals surface area contributed by atoms with Crippen molar-refractivity contribution in [1.82, 2.24) is 10.3 Å². The number of amides is 1. The van der Waals surface area contributed by atoms with E-state index in [1.165, 1.54) is 0 Å². The Bertz CT molecular complexity index is 630. The zero-order chi connectivity index (χ0) is 15.2. The Kier molecular flexibility index (Phi) is 5.44. The van der Waals surface area contributed by atoms with Gasteiger partial charge in [-0.25, -0.2) is 4.98 Å². The van der Waals surface area contributed by atoms with Crippen molar-refractivity contribution in [2.24, 2.45) is 0 Å². The fourth-order valence-corrected chi connectivity index (χ4v) is 2.35. The number of benzene rings is 1. The number of carbonyl (C=O) groups excluding carboxylic acids is 1. The van der Waals surface area contributed by atoms with Crippen LogP contribution in [0.3, 0.4) is 0 Å². The molecule has 21 heavy (non-hydrogen) atoms. The van der Waals surface area contributed by atoms with Gasteiger partial charge in [0.1, 0.15) is 5.82 Å². The number of nitrogens with one attached hydrogen (secondary N) is 2. The maximum absolute atomic E-state index is 12.4. The van der Waals surface area contributed by atoms with Crippen LogP contribution in [0.25, 0.3) is 10.8 Å². The lowest BCUT2D eigenvalue weighted by atomic mass is 10.1. The molecule has 0 spiro atoms. The van der Waals surface area contributed by atoms with Crippen molar-refractivity contribution in [2.75, 3.05) is 24.7 Å². The smallest absolute Gasteiger partial charge is 0.253 e. The van der Waals surface area contributed by atoms with E-state index in [1.807, 2.05) is 37.4 Å². The van der Waals surface area contributed by atoms with Gasteiger partial charge in [0.05, 0.1) is 5.56 Å². The van der Waals surface area contributed by atoms with Crippen LogP contribution < -0.4 is 10.6 Å². The van der Waals surface area contributed by atoms with Crippen LogP contribution >= 0.6 is 11.8 Å². The molecule has 2 aromatic rings. The van der Waals surface area contributed by atoms with Crippen LogP contribution in [0.1, 0.15) is 24.2 Å². The first-order valence-electron chi connectivity index (χ1n) is 7.10. The first kappa shape index (κ1) is 15.6. The second kappa shape index (κ2) is 7.31. The van der Waals surface area contributed by atoms with E-state index in [0.717, 1.165) is 23.1 Å². The average Bonchev–Trinajstić information content (AvgIpc) is 2.52. The molecule has 0 aliphatic carbocycles. The normalized spacial score (nSPS) is 12.1. The van der Waals surface area contributed by atoms with Crippen LogP contribution in [0.5, 0.6) is 0 Å². The molecule has 0 aliphatic heterocycles. The fourth-order valence-electron chi connectivity index (χ4n) is 2.10. The minimum atomic E-state index is -0.0670. The van der Waals surface area contributed by atoms with Crippen molar-refractivity contribution < 1.29 is 4.79 Å². The highest BCUT2D eigenvalue weighted by molar-refractivity contribution is 7.99. The standard InChI is InChI=1S/C16H21N3OS/c1-4-17-15-13-8-6-5-7-12(13)14(10-18-15)16(20)19-9-11(2)21-3/h5-8,10-11H,4,9H2,1-3H3,(H,17,18)(H,19,20). The lowest BCUT2D eigenvalue weighted by Crippen LogP contribution is -2.29. The molecule has 2 rings (SSSR count). The molecule has 0 saturated carbocycles. The van der Waals surface area contributed by atoms with Crippen LogP contribution in [0, 0.1) is 0 Å². The highest BCUT2D eigenvalue weighted by atomic mass is 32.2. The van der Waals surface area contributed by atoms with Gasteiger partial charge in [-0.3, -0.25) is 4.79 Å². The lowest BCUT2D eigenvalue weighted by molar-refractivity contribution is 0.0955. The quantitative estimate of drug-likeness (QED) is 0.861. The Balaban J connectivity index is 2.32. The van der Waals surface area contributed by atoms with E-state index in [0.29, 0.717) is 17.4 Å². The SMILES string of the molecule is CCNc1ncc(C(=O)NCC(C)SC)c2ccccc12. The molecule has 2 N–H and O–H groups in total. The van der Waals surface area contributed by atoms with Gasteiger partial charge >= 0.3 is 0 Å². The average molecular weight is 303 g/mol. The molecule has 4 nitrogen and oxygen atoms in total. The largest absolute Gasteiger partial charge is 0.370 e. The number of thioether (sulfide) groups is 1. The lowest BCUT2D eigenvalue weighted by Gasteiger charge is -2.13. The number of carbonyl (C=O) groups is 1. The number of anilines is 1. The molecule has 1 unspecified atom stereocenters. The molecule has 0 saturated heterocycles. The van der Waals surface area contributed by atoms with Gasteiger partial charge in [-0.2, -0.15) is 11.8 Å². The van der Waals surface area contributed by atoms with Crippen LogP contribution in [0.2, 0.25) is 0 Å². The zero-order valence-electron chi connectivity index (χ0n) is 12.6. The third-order valence-electron chi connectivity index (χ3n) is 3.34. The molecule has 112 valence electrons. The maximum atomic E-state index is 12.4. The van der Waals surface area contributed by atoms with Gasteiger partial charge in [-0.1, -0.05) is 31.2 Å². The zero-order valence-corrected chi connectivity index (χ0v) is 13.5. The van der Waals surface area contributed by atoms with Crippen molar-refractivity contribution in [2.45, 2.75) is 19.1 Å². The summed E-state index contributed by atoms with van der Waals surface area (Å²) in [7, 11) is 0. The molecule has 0 radical (unpaired) electrons. The van der Waals surface area contributed by atoms with Crippen molar-refractivity contribution in [1.29, 1.82) is 0 Å². The summed E-state index contributed by atoms with van der Waals surface area (Å²) in [5.41, 5.74) is 0.626. The summed E-state index contributed by atoms with van der Waals surface area (Å²) in [4.78, 5) is 16.8. The Labute approximate surface area is 129 Å². The Morgan fingerprint density at radius 1 is 1.33 bits per heavy atom. The predicted molar refractivity (Wildman–Crippen MR) is 91.2 cm³/mol. The first-order valence-corrected chi connectivity index (χ1v) is 8.38. The molecule has 1 aromatic heterocycles. The van der Waals surface area contributed by atoms with Gasteiger partial charge in [0.2, 0.25) is 0 Å². The summed E-state index contributed by atoms with van der Waals surface area (Å²) in [6, 6.07) is 7.86. The third-order valence-corrected chi connectivity index (χ3v) is 4.31. The molecule has 5 heteroatoms. The van der Waals surface area contributed by atoms with E-state index in [-0.39, 0.29) is 5.91 Å². The molecular formula is C16H21N3OS. The number of hydrogen-bond donors (Lipinski definition) is 2. The molecule has 0 bridgehead atoms. The number of hydrogen-bond acceptors (Lipinski definition) is 4. The van der Waals surface area contributed by atoms with E-state index in [9.17, 15) is 4.79 Å². The highest BCUT2D eigenvalue weighted by Crippen LogP contribution is 2.24. The van der Waals surface area contributed by atoms with Gasteiger partial charge in [-0.05, 0) is 18.6 Å². The summed E-state index contributed by atoms with van der Waals surface area (Å²) in [6.07, 6.45) is 3.69. The topological polar surface area (TPSA) is 54.0 Å². The fraction of sp³-hybridized carbons (Fsp3) is 0.375. The van der Waals surface area contributed by atoms with Crippen molar-refractivity contribution in [3.8, 4) is 0 Å². The maximum Gasteiger partial charge on any atom is 0.253 e. The monoisotopic (exact) mass is 303 g/mol. The number of pyridine rings is 1. The molecule has 1 aromatic carbocycles. The number of aromatic nitrogens is 1. The van der Waals surface area contributed by atoms with Crippen molar-refractivity contribution in [3.63, 3.8) is 0 Å². The molecule has 1 atom stereocenters. The Morgan fingerprint density at radius 2 is 2.05 bits per heavy atom. The van der Waals surface area contributed by atoms with E-state index < -0.39 is 0 Å². The molecular weight excluding hydrogens is 282 g/mol. The van der Waals surface area contributed by atoms with Gasteiger partial charge < -0.3 is 10.6 Å². The molecule has 1 heterocycles. The molecule has 1 amide bonds. The summed E-state index contributed by atoms with van der Waals surface area (Å²) < 4.78 is 0. The van der Waals surface area contributed by atoms with Gasteiger partial charge in [-0.15, -0.1) is 0 Å². The van der Waals surface area contributed by atoms with E-state index in [2.05, 4.69) is 22.5 Å². The summed E-state index contributed by atoms with van der Waals surface area (Å²) in [5.74, 6) is 0.754. The minimum Gasteiger partial charge on any atom is -0.370 e. The van der Waals surface area contributed by atoms with Crippen molar-refractivity contribution in [3.05, 3.63) is 36.0 Å². The van der Waals surface area contributed by atoms with E-state index in [1.54, 1.807) is 18.0 Å². The first-order chi connectivity index (χ1) is 10.2. The van der Waals surface area contributed by atoms with Crippen LogP contribution in [-0.2, 0) is 0 Å². The van der Waals surface area contributed by atoms with Crippen LogP contribution in [-0.4, -0.2) is 35.5 Å². The number of nitrogens with zero attached hydrogens (tertiary/aromatic N) is 1. The van der Waals surface area contributed by atoms with Crippen LogP contribution in [0.15, 0.2) is 30.5 Å². The second-order valence-electron chi connectivity index (χ2n) is 4.85. The van der Waals surface area contributed by atoms with Crippen molar-refractivity contribution >= 4 is 34.3 Å². The predicted octanol–water partition coefficient (Wildman–Crippen LogP) is 3.15. The number of rotatable bonds is 6. The summed E-state index contributed by atoms with van der Waals surface area (Å²) >= 11 is 1.73. The summed E-state index contributed by atoms with van der Waals surface area (Å²) in [5, 5.41) is 8.51. The Hall–Kier alpha value is -1.75. The highest BCUT2D eigenvalue weighted by Gasteiger charge is 2.13. The van der Waals surface area contributed by atoms with E-state index >= 15 is 0 Å². The third kappa shape index (κ3) is 3.67. The molecule has 0 aliphatic rings. The second-order valence-corrected chi connectivity index (χ2v) is 6.13. The van der Waals surface area contributed by atoms with Gasteiger partial charge in [0.15, 0.2) is 0 Å². The van der Waals surface area contributed by atoms with E-state index in [4.69, 9.17) is 0 Å². The summed E-state index contributed by atoms with van der Waals surface area (Å²) in [6.45, 7) is 5.58. The molecule has 0 fully saturated rings. The Morgan fingerprint density at radius 3 is 2.71 bits per heavy atom. The van der Waals surface area contributed by atoms with Crippen LogP contribution in [0.4, 0.5) is 5.82 Å². The van der Waals surface area contributed by atoms with Gasteiger partial charge in [0, 0.05) is 29.9 Å².